The summed E-state index contributed by atoms with van der Waals surface area (Å²) in [5.74, 6) is 0. The van der Waals surface area contributed by atoms with E-state index in [9.17, 15) is 13.2 Å². The van der Waals surface area contributed by atoms with Gasteiger partial charge in [0.1, 0.15) is 5.56 Å². The zero-order chi connectivity index (χ0) is 42.4. The number of fused-ring (bicyclic) bond motifs is 14. The number of alkyl halides is 6. The van der Waals surface area contributed by atoms with Gasteiger partial charge in [0, 0.05) is 73.8 Å². The first-order valence-corrected chi connectivity index (χ1v) is 20.1. The largest absolute Gasteiger partial charge is 0.420 e. The highest BCUT2D eigenvalue weighted by atomic mass is 19.4. The third-order valence-corrected chi connectivity index (χ3v) is 12.8. The number of nitrogens with zero attached hydrogens (tertiary/aromatic N) is 4. The van der Waals surface area contributed by atoms with Crippen molar-refractivity contribution in [2.45, 2.75) is 12.4 Å². The molecule has 0 aliphatic rings. The molecule has 302 valence electrons. The van der Waals surface area contributed by atoms with Gasteiger partial charge in [0.15, 0.2) is 0 Å². The van der Waals surface area contributed by atoms with E-state index < -0.39 is 23.5 Å². The molecule has 0 saturated carbocycles. The summed E-state index contributed by atoms with van der Waals surface area (Å²) >= 11 is 0. The van der Waals surface area contributed by atoms with E-state index in [0.717, 1.165) is 66.5 Å². The van der Waals surface area contributed by atoms with E-state index in [1.807, 2.05) is 132 Å². The summed E-state index contributed by atoms with van der Waals surface area (Å²) in [5, 5.41) is 6.22. The van der Waals surface area contributed by atoms with E-state index in [0.29, 0.717) is 32.8 Å². The maximum atomic E-state index is 17.0. The summed E-state index contributed by atoms with van der Waals surface area (Å²) in [4.78, 5) is 0. The minimum atomic E-state index is -5.03. The summed E-state index contributed by atoms with van der Waals surface area (Å²) in [6.45, 7) is 0. The van der Waals surface area contributed by atoms with Crippen LogP contribution in [0.15, 0.2) is 158 Å². The molecule has 0 amide bonds. The van der Waals surface area contributed by atoms with Crippen molar-refractivity contribution in [3.63, 3.8) is 0 Å². The molecule has 0 aliphatic heterocycles. The van der Waals surface area contributed by atoms with Crippen LogP contribution < -0.4 is 0 Å². The lowest BCUT2D eigenvalue weighted by molar-refractivity contribution is -0.138. The number of rotatable bonds is 3. The molecule has 0 unspecified atom stereocenters. The van der Waals surface area contributed by atoms with Crippen molar-refractivity contribution in [3.8, 4) is 22.5 Å². The number of halogens is 6. The molecule has 62 heavy (non-hydrogen) atoms. The smallest absolute Gasteiger partial charge is 0.344 e. The van der Waals surface area contributed by atoms with Gasteiger partial charge < -0.3 is 18.3 Å². The second kappa shape index (κ2) is 12.5. The van der Waals surface area contributed by atoms with Crippen LogP contribution in [0.4, 0.5) is 26.3 Å². The van der Waals surface area contributed by atoms with Crippen molar-refractivity contribution in [2.24, 2.45) is 14.1 Å². The van der Waals surface area contributed by atoms with E-state index in [1.54, 1.807) is 27.3 Å². The molecular formula is C52H32F6N4. The van der Waals surface area contributed by atoms with Gasteiger partial charge in [0.25, 0.3) is 0 Å². The van der Waals surface area contributed by atoms with Crippen LogP contribution in [0, 0.1) is 0 Å². The summed E-state index contributed by atoms with van der Waals surface area (Å²) in [5.41, 5.74) is 3.27. The van der Waals surface area contributed by atoms with E-state index in [4.69, 9.17) is 0 Å². The van der Waals surface area contributed by atoms with E-state index in [1.165, 1.54) is 18.2 Å². The van der Waals surface area contributed by atoms with E-state index in [-0.39, 0.29) is 22.5 Å². The molecule has 0 atom stereocenters. The maximum absolute atomic E-state index is 17.0. The van der Waals surface area contributed by atoms with Gasteiger partial charge in [-0.1, -0.05) is 103 Å². The minimum Gasteiger partial charge on any atom is -0.344 e. The Morgan fingerprint density at radius 1 is 0.387 bits per heavy atom. The molecule has 12 aromatic rings. The fraction of sp³-hybridized carbons (Fsp3) is 0.0769. The van der Waals surface area contributed by atoms with Crippen molar-refractivity contribution >= 4 is 87.2 Å². The molecule has 4 aromatic heterocycles. The van der Waals surface area contributed by atoms with Crippen LogP contribution in [-0.4, -0.2) is 18.3 Å². The Bertz CT molecular complexity index is 3870. The number of para-hydroxylation sites is 4. The highest BCUT2D eigenvalue weighted by Gasteiger charge is 2.41. The molecule has 0 aliphatic carbocycles. The van der Waals surface area contributed by atoms with E-state index in [2.05, 4.69) is 0 Å². The van der Waals surface area contributed by atoms with Gasteiger partial charge in [-0.25, -0.2) is 0 Å². The van der Waals surface area contributed by atoms with Crippen molar-refractivity contribution in [2.75, 3.05) is 0 Å². The van der Waals surface area contributed by atoms with Crippen LogP contribution in [0.3, 0.4) is 0 Å². The predicted octanol–water partition coefficient (Wildman–Crippen LogP) is 14.9. The second-order valence-corrected chi connectivity index (χ2v) is 16.0. The zero-order valence-electron chi connectivity index (χ0n) is 33.1. The van der Waals surface area contributed by atoms with Crippen molar-refractivity contribution in [1.82, 2.24) is 18.3 Å². The Kier molecular flexibility index (Phi) is 7.36. The van der Waals surface area contributed by atoms with Gasteiger partial charge in [0.2, 0.25) is 0 Å². The summed E-state index contributed by atoms with van der Waals surface area (Å²) in [6.07, 6.45) is -9.77. The average Bonchev–Trinajstić information content (AvgIpc) is 3.97. The third-order valence-electron chi connectivity index (χ3n) is 12.8. The van der Waals surface area contributed by atoms with Crippen molar-refractivity contribution in [3.05, 3.63) is 169 Å². The standard InChI is InChI=1S/C52H32F6N4/c1-59-38-18-7-5-16-36(38)45-42(59)25-23-34-32-14-3-9-20-40(32)61(48(34)45)44-27-22-31(29-12-11-13-30(28-29)51(53,54)55)50(47(44)52(56,57)58)62-41-21-10-4-15-33(41)35-24-26-43-46(49(35)62)37-17-6-8-19-39(37)60(43)2/h3-28H,1-2H3. The Morgan fingerprint density at radius 2 is 0.871 bits per heavy atom. The molecule has 8 aromatic carbocycles. The van der Waals surface area contributed by atoms with Crippen molar-refractivity contribution in [1.29, 1.82) is 0 Å². The first-order chi connectivity index (χ1) is 29.9. The molecule has 0 fully saturated rings. The number of benzene rings is 8. The summed E-state index contributed by atoms with van der Waals surface area (Å²) < 4.78 is 102. The van der Waals surface area contributed by atoms with Crippen LogP contribution in [0.2, 0.25) is 0 Å². The Balaban J connectivity index is 1.35. The number of aromatic nitrogens is 4. The SMILES string of the molecule is Cn1c2ccccc2c2c1ccc1c3ccccc3n(-c3ccc(-c4cccc(C(F)(F)F)c4)c(-n4c5ccccc5c5ccc6c(c7ccccc7n6C)c54)c3C(F)(F)F)c12. The molecule has 10 heteroatoms. The van der Waals surface area contributed by atoms with Gasteiger partial charge in [-0.3, -0.25) is 0 Å². The molecule has 4 heterocycles. The Hall–Kier alpha value is -7.46. The lowest BCUT2D eigenvalue weighted by Crippen LogP contribution is -2.17. The average molecular weight is 827 g/mol. The van der Waals surface area contributed by atoms with Gasteiger partial charge in [0.05, 0.1) is 50.0 Å². The number of aryl methyl sites for hydroxylation is 2. The second-order valence-electron chi connectivity index (χ2n) is 16.0. The molecule has 0 radical (unpaired) electrons. The van der Waals surface area contributed by atoms with Gasteiger partial charge in [-0.2, -0.15) is 26.3 Å². The fourth-order valence-electron chi connectivity index (χ4n) is 10.3. The van der Waals surface area contributed by atoms with Gasteiger partial charge in [-0.05, 0) is 60.2 Å². The first kappa shape index (κ1) is 36.4. The van der Waals surface area contributed by atoms with Crippen molar-refractivity contribution < 1.29 is 26.3 Å². The molecule has 12 rings (SSSR count). The lowest BCUT2D eigenvalue weighted by Gasteiger charge is -2.25. The quantitative estimate of drug-likeness (QED) is 0.158. The Labute approximate surface area is 348 Å². The summed E-state index contributed by atoms with van der Waals surface area (Å²) in [7, 11) is 3.87. The Morgan fingerprint density at radius 3 is 1.40 bits per heavy atom. The molecule has 0 bridgehead atoms. The fourth-order valence-corrected chi connectivity index (χ4v) is 10.3. The topological polar surface area (TPSA) is 19.7 Å². The lowest BCUT2D eigenvalue weighted by atomic mass is 9.95. The van der Waals surface area contributed by atoms with E-state index >= 15 is 13.2 Å². The van der Waals surface area contributed by atoms with Gasteiger partial charge >= 0.3 is 12.4 Å². The van der Waals surface area contributed by atoms with Crippen LogP contribution in [-0.2, 0) is 26.4 Å². The molecule has 0 spiro atoms. The van der Waals surface area contributed by atoms with Crippen LogP contribution >= 0.6 is 0 Å². The summed E-state index contributed by atoms with van der Waals surface area (Å²) in [6, 6.07) is 45.8. The van der Waals surface area contributed by atoms with Crippen LogP contribution in [0.5, 0.6) is 0 Å². The normalized spacial score (nSPS) is 12.8. The molecule has 4 nitrogen and oxygen atoms in total. The maximum Gasteiger partial charge on any atom is 0.420 e. The highest BCUT2D eigenvalue weighted by Crippen LogP contribution is 2.50. The predicted molar refractivity (Wildman–Crippen MR) is 239 cm³/mol. The minimum absolute atomic E-state index is 0.00145. The van der Waals surface area contributed by atoms with Crippen LogP contribution in [0.25, 0.3) is 110 Å². The van der Waals surface area contributed by atoms with Crippen LogP contribution in [0.1, 0.15) is 11.1 Å². The first-order valence-electron chi connectivity index (χ1n) is 20.1. The number of hydrogen-bond acceptors (Lipinski definition) is 0. The highest BCUT2D eigenvalue weighted by molar-refractivity contribution is 6.27. The monoisotopic (exact) mass is 826 g/mol. The third kappa shape index (κ3) is 4.86. The van der Waals surface area contributed by atoms with Gasteiger partial charge in [-0.15, -0.1) is 0 Å². The molecule has 0 N–H and O–H groups in total. The zero-order valence-corrected chi connectivity index (χ0v) is 33.1. The molecule has 0 saturated heterocycles. The number of hydrogen-bond donors (Lipinski definition) is 0. The molecular weight excluding hydrogens is 795 g/mol.